The molecular weight excluding hydrogens is 190 g/mol. The van der Waals surface area contributed by atoms with Gasteiger partial charge in [-0.05, 0) is 13.8 Å². The topological polar surface area (TPSA) is 46.0 Å². The molecular formula is C10H19N5. The summed E-state index contributed by atoms with van der Waals surface area (Å²) < 4.78 is 1.85. The number of aromatic nitrogens is 3. The summed E-state index contributed by atoms with van der Waals surface area (Å²) in [6, 6.07) is 1.13. The van der Waals surface area contributed by atoms with Crippen LogP contribution in [0, 0.1) is 0 Å². The summed E-state index contributed by atoms with van der Waals surface area (Å²) >= 11 is 0. The van der Waals surface area contributed by atoms with Crippen molar-refractivity contribution in [1.82, 2.24) is 25.0 Å². The van der Waals surface area contributed by atoms with Gasteiger partial charge in [-0.2, -0.15) is 5.10 Å². The highest BCUT2D eigenvalue weighted by molar-refractivity contribution is 4.88. The van der Waals surface area contributed by atoms with Crippen molar-refractivity contribution >= 4 is 0 Å². The number of nitrogens with one attached hydrogen (secondary N) is 1. The minimum atomic E-state index is 0.564. The first-order chi connectivity index (χ1) is 7.16. The quantitative estimate of drug-likeness (QED) is 0.744. The van der Waals surface area contributed by atoms with E-state index in [9.17, 15) is 0 Å². The summed E-state index contributed by atoms with van der Waals surface area (Å²) in [6.07, 6.45) is 1.62. The molecule has 0 aromatic carbocycles. The van der Waals surface area contributed by atoms with Crippen molar-refractivity contribution in [1.29, 1.82) is 0 Å². The zero-order valence-electron chi connectivity index (χ0n) is 9.64. The third-order valence-corrected chi connectivity index (χ3v) is 3.04. The standard InChI is InChI=1S/C10H19N5/c1-8-5-15(9(2)4-11-8)6-10-12-7-13-14(10)3/h7-9,11H,4-6H2,1-3H3. The molecule has 1 aliphatic rings. The van der Waals surface area contributed by atoms with Gasteiger partial charge in [0.25, 0.3) is 0 Å². The Morgan fingerprint density at radius 2 is 2.33 bits per heavy atom. The van der Waals surface area contributed by atoms with Gasteiger partial charge in [-0.3, -0.25) is 9.58 Å². The average molecular weight is 209 g/mol. The van der Waals surface area contributed by atoms with Crippen LogP contribution in [0.1, 0.15) is 19.7 Å². The predicted molar refractivity (Wildman–Crippen MR) is 58.3 cm³/mol. The summed E-state index contributed by atoms with van der Waals surface area (Å²) in [5.41, 5.74) is 0. The van der Waals surface area contributed by atoms with Crippen molar-refractivity contribution < 1.29 is 0 Å². The highest BCUT2D eigenvalue weighted by atomic mass is 15.3. The lowest BCUT2D eigenvalue weighted by atomic mass is 10.1. The summed E-state index contributed by atoms with van der Waals surface area (Å²) in [6.45, 7) is 7.49. The predicted octanol–water partition coefficient (Wildman–Crippen LogP) is -0.00270. The van der Waals surface area contributed by atoms with Gasteiger partial charge in [0.05, 0.1) is 6.54 Å². The van der Waals surface area contributed by atoms with Crippen LogP contribution in [0.15, 0.2) is 6.33 Å². The molecule has 2 heterocycles. The molecule has 1 saturated heterocycles. The number of rotatable bonds is 2. The Bertz CT molecular complexity index is 321. The second-order valence-electron chi connectivity index (χ2n) is 4.39. The van der Waals surface area contributed by atoms with Gasteiger partial charge in [0.15, 0.2) is 0 Å². The van der Waals surface area contributed by atoms with Crippen LogP contribution in [0.2, 0.25) is 0 Å². The molecule has 5 nitrogen and oxygen atoms in total. The molecule has 0 amide bonds. The van der Waals surface area contributed by atoms with Crippen molar-refractivity contribution in [3.05, 3.63) is 12.2 Å². The number of piperazine rings is 1. The second-order valence-corrected chi connectivity index (χ2v) is 4.39. The molecule has 1 fully saturated rings. The molecule has 5 heteroatoms. The van der Waals surface area contributed by atoms with Gasteiger partial charge in [0.2, 0.25) is 0 Å². The maximum Gasteiger partial charge on any atom is 0.140 e. The maximum absolute atomic E-state index is 4.26. The molecule has 84 valence electrons. The van der Waals surface area contributed by atoms with E-state index in [4.69, 9.17) is 0 Å². The highest BCUT2D eigenvalue weighted by Crippen LogP contribution is 2.09. The van der Waals surface area contributed by atoms with Crippen LogP contribution in [0.3, 0.4) is 0 Å². The molecule has 2 atom stereocenters. The zero-order valence-corrected chi connectivity index (χ0v) is 9.64. The summed E-state index contributed by atoms with van der Waals surface area (Å²) in [5, 5.41) is 7.56. The van der Waals surface area contributed by atoms with Gasteiger partial charge < -0.3 is 5.32 Å². The largest absolute Gasteiger partial charge is 0.311 e. The SMILES string of the molecule is CC1CN(Cc2ncnn2C)C(C)CN1. The van der Waals surface area contributed by atoms with Crippen molar-refractivity contribution in [3.8, 4) is 0 Å². The Labute approximate surface area is 90.5 Å². The molecule has 0 aliphatic carbocycles. The first kappa shape index (κ1) is 10.6. The van der Waals surface area contributed by atoms with Gasteiger partial charge in [0, 0.05) is 32.2 Å². The zero-order chi connectivity index (χ0) is 10.8. The molecule has 1 N–H and O–H groups in total. The molecule has 15 heavy (non-hydrogen) atoms. The van der Waals surface area contributed by atoms with Crippen LogP contribution in [-0.4, -0.2) is 44.8 Å². The third-order valence-electron chi connectivity index (χ3n) is 3.04. The molecule has 1 aliphatic heterocycles. The fourth-order valence-electron chi connectivity index (χ4n) is 1.96. The summed E-state index contributed by atoms with van der Waals surface area (Å²) in [7, 11) is 1.94. The lowest BCUT2D eigenvalue weighted by Gasteiger charge is -2.37. The van der Waals surface area contributed by atoms with Gasteiger partial charge in [-0.15, -0.1) is 0 Å². The molecule has 1 aromatic heterocycles. The van der Waals surface area contributed by atoms with E-state index in [2.05, 4.69) is 34.1 Å². The molecule has 1 aromatic rings. The molecule has 0 bridgehead atoms. The van der Waals surface area contributed by atoms with E-state index in [-0.39, 0.29) is 0 Å². The van der Waals surface area contributed by atoms with E-state index in [1.165, 1.54) is 0 Å². The molecule has 0 saturated carbocycles. The Kier molecular flexibility index (Phi) is 3.02. The van der Waals surface area contributed by atoms with Crippen LogP contribution in [-0.2, 0) is 13.6 Å². The third kappa shape index (κ3) is 2.35. The van der Waals surface area contributed by atoms with Crippen molar-refractivity contribution in [3.63, 3.8) is 0 Å². The normalized spacial score (nSPS) is 28.2. The fraction of sp³-hybridized carbons (Fsp3) is 0.800. The fourth-order valence-corrected chi connectivity index (χ4v) is 1.96. The summed E-state index contributed by atoms with van der Waals surface area (Å²) in [5.74, 6) is 1.04. The van der Waals surface area contributed by atoms with Crippen LogP contribution >= 0.6 is 0 Å². The van der Waals surface area contributed by atoms with Crippen LogP contribution in [0.4, 0.5) is 0 Å². The monoisotopic (exact) mass is 209 g/mol. The molecule has 2 rings (SSSR count). The molecule has 0 radical (unpaired) electrons. The van der Waals surface area contributed by atoms with Gasteiger partial charge in [-0.25, -0.2) is 4.98 Å². The van der Waals surface area contributed by atoms with Crippen LogP contribution < -0.4 is 5.32 Å². The van der Waals surface area contributed by atoms with Crippen molar-refractivity contribution in [2.75, 3.05) is 13.1 Å². The number of nitrogens with zero attached hydrogens (tertiary/aromatic N) is 4. The number of hydrogen-bond acceptors (Lipinski definition) is 4. The van der Waals surface area contributed by atoms with Crippen molar-refractivity contribution in [2.45, 2.75) is 32.5 Å². The first-order valence-corrected chi connectivity index (χ1v) is 5.47. The van der Waals surface area contributed by atoms with E-state index < -0.39 is 0 Å². The van der Waals surface area contributed by atoms with Crippen LogP contribution in [0.5, 0.6) is 0 Å². The smallest absolute Gasteiger partial charge is 0.140 e. The van der Waals surface area contributed by atoms with E-state index in [0.717, 1.165) is 25.5 Å². The van der Waals surface area contributed by atoms with Gasteiger partial charge in [0.1, 0.15) is 12.2 Å². The molecule has 2 unspecified atom stereocenters. The minimum absolute atomic E-state index is 0.564. The Morgan fingerprint density at radius 3 is 3.00 bits per heavy atom. The van der Waals surface area contributed by atoms with Gasteiger partial charge in [-0.1, -0.05) is 0 Å². The Morgan fingerprint density at radius 1 is 1.53 bits per heavy atom. The Hall–Kier alpha value is -0.940. The number of aryl methyl sites for hydroxylation is 1. The lowest BCUT2D eigenvalue weighted by Crippen LogP contribution is -2.53. The highest BCUT2D eigenvalue weighted by Gasteiger charge is 2.23. The molecule has 0 spiro atoms. The van der Waals surface area contributed by atoms with Gasteiger partial charge >= 0.3 is 0 Å². The van der Waals surface area contributed by atoms with Crippen molar-refractivity contribution in [2.24, 2.45) is 7.05 Å². The van der Waals surface area contributed by atoms with E-state index in [1.807, 2.05) is 11.7 Å². The van der Waals surface area contributed by atoms with E-state index in [0.29, 0.717) is 12.1 Å². The number of hydrogen-bond donors (Lipinski definition) is 1. The van der Waals surface area contributed by atoms with E-state index in [1.54, 1.807) is 6.33 Å². The second kappa shape index (κ2) is 4.28. The first-order valence-electron chi connectivity index (χ1n) is 5.47. The summed E-state index contributed by atoms with van der Waals surface area (Å²) in [4.78, 5) is 6.71. The minimum Gasteiger partial charge on any atom is -0.311 e. The van der Waals surface area contributed by atoms with Crippen LogP contribution in [0.25, 0.3) is 0 Å². The van der Waals surface area contributed by atoms with E-state index >= 15 is 0 Å². The maximum atomic E-state index is 4.26. The average Bonchev–Trinajstić information content (AvgIpc) is 2.58. The Balaban J connectivity index is 2.01. The lowest BCUT2D eigenvalue weighted by molar-refractivity contribution is 0.134.